The van der Waals surface area contributed by atoms with Gasteiger partial charge in [-0.15, -0.1) is 0 Å². The molecule has 1 aromatic carbocycles. The number of nitrogens with one attached hydrogen (secondary N) is 2. The number of likely N-dealkylation sites (N-methyl/N-ethyl adjacent to an activating group) is 1. The second-order valence-corrected chi connectivity index (χ2v) is 4.71. The molecule has 0 aliphatic heterocycles. The van der Waals surface area contributed by atoms with Gasteiger partial charge >= 0.3 is 0 Å². The van der Waals surface area contributed by atoms with E-state index in [-0.39, 0.29) is 16.9 Å². The first kappa shape index (κ1) is 15.1. The van der Waals surface area contributed by atoms with E-state index in [2.05, 4.69) is 10.6 Å². The fourth-order valence-corrected chi connectivity index (χ4v) is 1.62. The Morgan fingerprint density at radius 2 is 1.79 bits per heavy atom. The molecule has 1 rings (SSSR count). The van der Waals surface area contributed by atoms with Crippen molar-refractivity contribution in [3.8, 4) is 0 Å². The lowest BCUT2D eigenvalue weighted by molar-refractivity contribution is -0.128. The van der Waals surface area contributed by atoms with Gasteiger partial charge < -0.3 is 15.5 Å². The van der Waals surface area contributed by atoms with E-state index in [0.717, 1.165) is 11.3 Å². The van der Waals surface area contributed by atoms with Crippen LogP contribution in [0.15, 0.2) is 24.3 Å². The van der Waals surface area contributed by atoms with Crippen molar-refractivity contribution in [1.29, 1.82) is 0 Å². The van der Waals surface area contributed by atoms with Gasteiger partial charge in [0, 0.05) is 26.7 Å². The molecule has 0 aromatic heterocycles. The molecule has 0 aliphatic rings. The van der Waals surface area contributed by atoms with Gasteiger partial charge in [0.1, 0.15) is 0 Å². The van der Waals surface area contributed by atoms with Crippen LogP contribution in [0.1, 0.15) is 12.5 Å². The Morgan fingerprint density at radius 3 is 2.26 bits per heavy atom. The minimum absolute atomic E-state index is 0.0504. The third-order valence-electron chi connectivity index (χ3n) is 2.36. The van der Waals surface area contributed by atoms with Gasteiger partial charge in [0.05, 0.1) is 6.42 Å². The minimum Gasteiger partial charge on any atom is -0.349 e. The zero-order chi connectivity index (χ0) is 14.4. The molecule has 5 nitrogen and oxygen atoms in total. The number of amides is 2. The summed E-state index contributed by atoms with van der Waals surface area (Å²) in [4.78, 5) is 23.9. The van der Waals surface area contributed by atoms with E-state index in [4.69, 9.17) is 12.2 Å². The topological polar surface area (TPSA) is 61.4 Å². The molecule has 6 heteroatoms. The predicted molar refractivity (Wildman–Crippen MR) is 78.9 cm³/mol. The first-order valence-electron chi connectivity index (χ1n) is 5.76. The maximum absolute atomic E-state index is 11.5. The predicted octanol–water partition coefficient (Wildman–Crippen LogP) is 1.15. The van der Waals surface area contributed by atoms with E-state index < -0.39 is 0 Å². The van der Waals surface area contributed by atoms with Crippen molar-refractivity contribution in [2.24, 2.45) is 0 Å². The Balaban J connectivity index is 2.59. The largest absolute Gasteiger partial charge is 0.349 e. The molecule has 19 heavy (non-hydrogen) atoms. The lowest BCUT2D eigenvalue weighted by Crippen LogP contribution is -2.32. The van der Waals surface area contributed by atoms with Crippen LogP contribution in [0.2, 0.25) is 0 Å². The zero-order valence-corrected chi connectivity index (χ0v) is 12.0. The number of carbonyl (C=O) groups excluding carboxylic acids is 2. The molecule has 0 heterocycles. The second-order valence-electron chi connectivity index (χ2n) is 4.30. The molecule has 0 aliphatic carbocycles. The number of anilines is 1. The van der Waals surface area contributed by atoms with Crippen molar-refractivity contribution >= 4 is 34.8 Å². The number of benzene rings is 1. The summed E-state index contributed by atoms with van der Waals surface area (Å²) in [5.41, 5.74) is 1.69. The van der Waals surface area contributed by atoms with E-state index >= 15 is 0 Å². The van der Waals surface area contributed by atoms with Crippen LogP contribution in [0.5, 0.6) is 0 Å². The average Bonchev–Trinajstić information content (AvgIpc) is 2.30. The van der Waals surface area contributed by atoms with Crippen LogP contribution >= 0.6 is 12.2 Å². The third-order valence-corrected chi connectivity index (χ3v) is 2.56. The van der Waals surface area contributed by atoms with Gasteiger partial charge in [-0.2, -0.15) is 0 Å². The number of nitrogens with zero attached hydrogens (tertiary/aromatic N) is 1. The Kier molecular flexibility index (Phi) is 5.44. The Labute approximate surface area is 118 Å². The van der Waals surface area contributed by atoms with Crippen LogP contribution in [-0.4, -0.2) is 35.9 Å². The SMILES string of the molecule is CC(=O)NC(=S)Nc1ccc(CC(=O)N(C)C)cc1. The fourth-order valence-electron chi connectivity index (χ4n) is 1.36. The van der Waals surface area contributed by atoms with Gasteiger partial charge in [0.15, 0.2) is 5.11 Å². The Morgan fingerprint density at radius 1 is 1.21 bits per heavy atom. The first-order valence-corrected chi connectivity index (χ1v) is 6.17. The molecule has 0 saturated carbocycles. The molecule has 1 aromatic rings. The number of hydrogen-bond donors (Lipinski definition) is 2. The molecular formula is C13H17N3O2S. The maximum Gasteiger partial charge on any atom is 0.226 e. The second kappa shape index (κ2) is 6.84. The van der Waals surface area contributed by atoms with E-state index in [1.807, 2.05) is 24.3 Å². The van der Waals surface area contributed by atoms with Crippen LogP contribution < -0.4 is 10.6 Å². The minimum atomic E-state index is -0.217. The molecular weight excluding hydrogens is 262 g/mol. The van der Waals surface area contributed by atoms with Gasteiger partial charge in [-0.25, -0.2) is 0 Å². The van der Waals surface area contributed by atoms with Crippen molar-refractivity contribution in [3.63, 3.8) is 0 Å². The highest BCUT2D eigenvalue weighted by atomic mass is 32.1. The van der Waals surface area contributed by atoms with Crippen molar-refractivity contribution in [3.05, 3.63) is 29.8 Å². The smallest absolute Gasteiger partial charge is 0.226 e. The van der Waals surface area contributed by atoms with E-state index in [9.17, 15) is 9.59 Å². The molecule has 2 amide bonds. The summed E-state index contributed by atoms with van der Waals surface area (Å²) in [5, 5.41) is 5.61. The number of thiocarbonyl (C=S) groups is 1. The van der Waals surface area contributed by atoms with Crippen LogP contribution in [0.25, 0.3) is 0 Å². The van der Waals surface area contributed by atoms with Crippen LogP contribution in [0.4, 0.5) is 5.69 Å². The Hall–Kier alpha value is -1.95. The first-order chi connectivity index (χ1) is 8.88. The molecule has 0 spiro atoms. The summed E-state index contributed by atoms with van der Waals surface area (Å²) >= 11 is 4.95. The molecule has 0 unspecified atom stereocenters. The number of rotatable bonds is 3. The summed E-state index contributed by atoms with van der Waals surface area (Å²) in [6, 6.07) is 7.32. The highest BCUT2D eigenvalue weighted by Crippen LogP contribution is 2.10. The average molecular weight is 279 g/mol. The lowest BCUT2D eigenvalue weighted by atomic mass is 10.1. The summed E-state index contributed by atoms with van der Waals surface area (Å²) in [7, 11) is 3.45. The maximum atomic E-state index is 11.5. The quantitative estimate of drug-likeness (QED) is 0.815. The van der Waals surface area contributed by atoms with Crippen molar-refractivity contribution in [2.75, 3.05) is 19.4 Å². The van der Waals surface area contributed by atoms with E-state index in [0.29, 0.717) is 6.42 Å². The lowest BCUT2D eigenvalue weighted by Gasteiger charge is -2.11. The van der Waals surface area contributed by atoms with Gasteiger partial charge in [-0.3, -0.25) is 9.59 Å². The van der Waals surface area contributed by atoms with Crippen LogP contribution in [0, 0.1) is 0 Å². The molecule has 0 fully saturated rings. The van der Waals surface area contributed by atoms with Crippen LogP contribution in [0.3, 0.4) is 0 Å². The number of carbonyl (C=O) groups is 2. The molecule has 2 N–H and O–H groups in total. The molecule has 0 atom stereocenters. The summed E-state index contributed by atoms with van der Waals surface area (Å²) in [6.07, 6.45) is 0.365. The van der Waals surface area contributed by atoms with Gasteiger partial charge in [-0.05, 0) is 29.9 Å². The summed E-state index contributed by atoms with van der Waals surface area (Å²) < 4.78 is 0. The molecule has 0 radical (unpaired) electrons. The molecule has 0 saturated heterocycles. The standard InChI is InChI=1S/C13H17N3O2S/c1-9(17)14-13(19)15-11-6-4-10(5-7-11)8-12(18)16(2)3/h4-7H,8H2,1-3H3,(H2,14,15,17,19). The molecule has 102 valence electrons. The van der Waals surface area contributed by atoms with Gasteiger partial charge in [0.2, 0.25) is 11.8 Å². The van der Waals surface area contributed by atoms with Gasteiger partial charge in [-0.1, -0.05) is 12.1 Å². The van der Waals surface area contributed by atoms with E-state index in [1.165, 1.54) is 6.92 Å². The van der Waals surface area contributed by atoms with E-state index in [1.54, 1.807) is 19.0 Å². The summed E-state index contributed by atoms with van der Waals surface area (Å²) in [6.45, 7) is 1.39. The highest BCUT2D eigenvalue weighted by molar-refractivity contribution is 7.80. The van der Waals surface area contributed by atoms with Crippen molar-refractivity contribution in [1.82, 2.24) is 10.2 Å². The normalized spacial score (nSPS) is 9.63. The molecule has 0 bridgehead atoms. The van der Waals surface area contributed by atoms with Crippen molar-refractivity contribution < 1.29 is 9.59 Å². The third kappa shape index (κ3) is 5.48. The monoisotopic (exact) mass is 279 g/mol. The number of hydrogen-bond acceptors (Lipinski definition) is 3. The Bertz CT molecular complexity index is 483. The van der Waals surface area contributed by atoms with Crippen molar-refractivity contribution in [2.45, 2.75) is 13.3 Å². The highest BCUT2D eigenvalue weighted by Gasteiger charge is 2.05. The summed E-state index contributed by atoms with van der Waals surface area (Å²) in [5.74, 6) is -0.167. The zero-order valence-electron chi connectivity index (χ0n) is 11.2. The van der Waals surface area contributed by atoms with Crippen LogP contribution in [-0.2, 0) is 16.0 Å². The van der Waals surface area contributed by atoms with Gasteiger partial charge in [0.25, 0.3) is 0 Å². The fraction of sp³-hybridized carbons (Fsp3) is 0.308.